The number of benzene rings is 2. The summed E-state index contributed by atoms with van der Waals surface area (Å²) in [4.78, 5) is 26.2. The Morgan fingerprint density at radius 2 is 1.51 bits per heavy atom. The first-order valence-corrected chi connectivity index (χ1v) is 13.2. The number of fused-ring (bicyclic) bond motifs is 1. The summed E-state index contributed by atoms with van der Waals surface area (Å²) in [6.07, 6.45) is -1.32. The maximum absolute atomic E-state index is 12.6. The zero-order valence-electron chi connectivity index (χ0n) is 23.2. The minimum absolute atomic E-state index is 0.0387. The van der Waals surface area contributed by atoms with Crippen molar-refractivity contribution in [2.75, 3.05) is 19.7 Å². The van der Waals surface area contributed by atoms with Crippen LogP contribution in [0.1, 0.15) is 56.1 Å². The molecule has 2 aliphatic heterocycles. The number of hydrogen-bond acceptors (Lipinski definition) is 8. The zero-order chi connectivity index (χ0) is 28.2. The molecule has 0 spiro atoms. The van der Waals surface area contributed by atoms with Crippen molar-refractivity contribution in [3.63, 3.8) is 0 Å². The van der Waals surface area contributed by atoms with Crippen LogP contribution in [0.4, 0.5) is 4.79 Å². The quantitative estimate of drug-likeness (QED) is 0.443. The summed E-state index contributed by atoms with van der Waals surface area (Å²) in [7, 11) is 0. The zero-order valence-corrected chi connectivity index (χ0v) is 23.2. The third-order valence-electron chi connectivity index (χ3n) is 6.36. The highest BCUT2D eigenvalue weighted by Gasteiger charge is 2.47. The molecule has 2 fully saturated rings. The molecule has 2 saturated heterocycles. The van der Waals surface area contributed by atoms with Gasteiger partial charge in [0.15, 0.2) is 5.79 Å². The minimum atomic E-state index is -0.760. The van der Waals surface area contributed by atoms with E-state index in [1.165, 1.54) is 0 Å². The maximum atomic E-state index is 12.6. The number of hydrogen-bond donors (Lipinski definition) is 3. The molecular weight excluding hydrogens is 502 g/mol. The number of rotatable bonds is 9. The van der Waals surface area contributed by atoms with Crippen molar-refractivity contribution >= 4 is 12.0 Å². The molecule has 0 bridgehead atoms. The van der Waals surface area contributed by atoms with Crippen molar-refractivity contribution in [2.24, 2.45) is 0 Å². The van der Waals surface area contributed by atoms with Gasteiger partial charge in [0, 0.05) is 31.7 Å². The molecule has 2 aliphatic rings. The maximum Gasteiger partial charge on any atom is 0.407 e. The van der Waals surface area contributed by atoms with E-state index in [2.05, 4.69) is 10.6 Å². The second-order valence-electron chi connectivity index (χ2n) is 11.3. The Kier molecular flexibility index (Phi) is 8.80. The van der Waals surface area contributed by atoms with Crippen LogP contribution in [0.5, 0.6) is 5.75 Å². The minimum Gasteiger partial charge on any atom is -0.489 e. The molecule has 0 aromatic heterocycles. The van der Waals surface area contributed by atoms with Crippen molar-refractivity contribution in [2.45, 2.75) is 77.5 Å². The van der Waals surface area contributed by atoms with E-state index in [0.29, 0.717) is 37.5 Å². The number of carbonyl (C=O) groups excluding carboxylic acids is 2. The number of ether oxygens (including phenoxy) is 4. The van der Waals surface area contributed by atoms with Gasteiger partial charge in [0.25, 0.3) is 5.91 Å². The van der Waals surface area contributed by atoms with Gasteiger partial charge in [-0.25, -0.2) is 4.79 Å². The van der Waals surface area contributed by atoms with Crippen molar-refractivity contribution in [3.05, 3.63) is 65.2 Å². The predicted octanol–water partition coefficient (Wildman–Crippen LogP) is 3.17. The predicted molar refractivity (Wildman–Crippen MR) is 144 cm³/mol. The second-order valence-corrected chi connectivity index (χ2v) is 11.3. The molecule has 3 unspecified atom stereocenters. The van der Waals surface area contributed by atoms with Gasteiger partial charge in [-0.05, 0) is 70.0 Å². The summed E-state index contributed by atoms with van der Waals surface area (Å²) < 4.78 is 22.7. The Bertz CT molecular complexity index is 1110. The topological polar surface area (TPSA) is 119 Å². The molecular formula is C29H39N3O7. The molecule has 2 amide bonds. The van der Waals surface area contributed by atoms with Crippen LogP contribution in [0.3, 0.4) is 0 Å². The van der Waals surface area contributed by atoms with Gasteiger partial charge in [-0.3, -0.25) is 9.69 Å². The van der Waals surface area contributed by atoms with E-state index in [0.717, 1.165) is 11.1 Å². The fourth-order valence-electron chi connectivity index (χ4n) is 4.52. The summed E-state index contributed by atoms with van der Waals surface area (Å²) in [5.41, 5.74) is 1.74. The largest absolute Gasteiger partial charge is 0.489 e. The summed E-state index contributed by atoms with van der Waals surface area (Å²) in [6, 6.07) is 14.4. The van der Waals surface area contributed by atoms with E-state index in [1.807, 2.05) is 43.0 Å². The molecule has 2 aromatic rings. The molecule has 4 rings (SSSR count). The van der Waals surface area contributed by atoms with Crippen molar-refractivity contribution < 1.29 is 33.6 Å². The van der Waals surface area contributed by atoms with E-state index < -0.39 is 23.7 Å². The standard InChI is InChI=1S/C29H39N3O7/c1-28(2,3)39-27(35)31-15-19-6-10-21(11-7-19)26(34)30-14-20-8-12-22(13-9-20)36-18-25(33)32-16-23-24(17-32)38-29(4,5)37-23/h6-13,23-25,33H,14-18H2,1-5H3,(H,30,34)(H,31,35). The van der Waals surface area contributed by atoms with Crippen LogP contribution in [0, 0.1) is 0 Å². The highest BCUT2D eigenvalue weighted by Crippen LogP contribution is 2.33. The van der Waals surface area contributed by atoms with E-state index >= 15 is 0 Å². The first-order chi connectivity index (χ1) is 18.4. The van der Waals surface area contributed by atoms with Crippen LogP contribution in [-0.2, 0) is 27.3 Å². The first-order valence-electron chi connectivity index (χ1n) is 13.2. The van der Waals surface area contributed by atoms with Gasteiger partial charge in [0.2, 0.25) is 0 Å². The number of nitrogens with zero attached hydrogens (tertiary/aromatic N) is 1. The number of nitrogens with one attached hydrogen (secondary N) is 2. The molecule has 0 radical (unpaired) electrons. The fourth-order valence-corrected chi connectivity index (χ4v) is 4.52. The third-order valence-corrected chi connectivity index (χ3v) is 6.36. The van der Waals surface area contributed by atoms with Gasteiger partial charge in [-0.1, -0.05) is 24.3 Å². The van der Waals surface area contributed by atoms with Gasteiger partial charge in [-0.2, -0.15) is 0 Å². The van der Waals surface area contributed by atoms with Crippen LogP contribution in [0.2, 0.25) is 0 Å². The fraction of sp³-hybridized carbons (Fsp3) is 0.517. The van der Waals surface area contributed by atoms with Gasteiger partial charge >= 0.3 is 6.09 Å². The molecule has 10 nitrogen and oxygen atoms in total. The first kappa shape index (κ1) is 28.8. The molecule has 212 valence electrons. The summed E-state index contributed by atoms with van der Waals surface area (Å²) in [6.45, 7) is 11.2. The highest BCUT2D eigenvalue weighted by atomic mass is 16.8. The average Bonchev–Trinajstić information content (AvgIpc) is 3.38. The van der Waals surface area contributed by atoms with Crippen LogP contribution in [0.25, 0.3) is 0 Å². The van der Waals surface area contributed by atoms with Crippen LogP contribution >= 0.6 is 0 Å². The smallest absolute Gasteiger partial charge is 0.407 e. The Labute approximate surface area is 229 Å². The molecule has 0 aliphatic carbocycles. The lowest BCUT2D eigenvalue weighted by Crippen LogP contribution is -2.40. The van der Waals surface area contributed by atoms with Crippen molar-refractivity contribution in [1.82, 2.24) is 15.5 Å². The molecule has 39 heavy (non-hydrogen) atoms. The average molecular weight is 542 g/mol. The summed E-state index contributed by atoms with van der Waals surface area (Å²) in [5.74, 6) is -0.138. The second kappa shape index (κ2) is 11.9. The molecule has 2 heterocycles. The van der Waals surface area contributed by atoms with Gasteiger partial charge < -0.3 is 34.7 Å². The molecule has 3 atom stereocenters. The summed E-state index contributed by atoms with van der Waals surface area (Å²) >= 11 is 0. The number of carbonyl (C=O) groups is 2. The lowest BCUT2D eigenvalue weighted by Gasteiger charge is -2.26. The van der Waals surface area contributed by atoms with Gasteiger partial charge in [0.1, 0.15) is 36.4 Å². The van der Waals surface area contributed by atoms with Gasteiger partial charge in [-0.15, -0.1) is 0 Å². The highest BCUT2D eigenvalue weighted by molar-refractivity contribution is 5.94. The number of likely N-dealkylation sites (tertiary alicyclic amines) is 1. The Balaban J connectivity index is 1.16. The molecule has 0 saturated carbocycles. The van der Waals surface area contributed by atoms with Crippen LogP contribution in [-0.4, -0.2) is 71.5 Å². The number of alkyl carbamates (subject to hydrolysis) is 1. The van der Waals surface area contributed by atoms with E-state index in [1.54, 1.807) is 45.0 Å². The number of aliphatic hydroxyl groups is 1. The van der Waals surface area contributed by atoms with Crippen molar-refractivity contribution in [1.29, 1.82) is 0 Å². The normalized spacial score (nSPS) is 21.2. The van der Waals surface area contributed by atoms with E-state index in [-0.39, 0.29) is 24.7 Å². The van der Waals surface area contributed by atoms with Crippen LogP contribution < -0.4 is 15.4 Å². The lowest BCUT2D eigenvalue weighted by molar-refractivity contribution is -0.163. The Morgan fingerprint density at radius 1 is 0.974 bits per heavy atom. The van der Waals surface area contributed by atoms with Gasteiger partial charge in [0.05, 0.1) is 0 Å². The Morgan fingerprint density at radius 3 is 2.08 bits per heavy atom. The Hall–Kier alpha value is -3.18. The van der Waals surface area contributed by atoms with Crippen LogP contribution in [0.15, 0.2) is 48.5 Å². The van der Waals surface area contributed by atoms with E-state index in [4.69, 9.17) is 18.9 Å². The monoisotopic (exact) mass is 541 g/mol. The number of amides is 2. The SMILES string of the molecule is CC(C)(C)OC(=O)NCc1ccc(C(=O)NCc2ccc(OCC(O)N3CC4OC(C)(C)OC4C3)cc2)cc1. The lowest BCUT2D eigenvalue weighted by atomic mass is 10.1. The number of aliphatic hydroxyl groups excluding tert-OH is 1. The molecule has 3 N–H and O–H groups in total. The molecule has 2 aromatic carbocycles. The van der Waals surface area contributed by atoms with Crippen molar-refractivity contribution in [3.8, 4) is 5.75 Å². The summed E-state index contributed by atoms with van der Waals surface area (Å²) in [5, 5.41) is 16.1. The van der Waals surface area contributed by atoms with E-state index in [9.17, 15) is 14.7 Å². The third kappa shape index (κ3) is 8.40. The molecule has 10 heteroatoms.